The van der Waals surface area contributed by atoms with Crippen molar-refractivity contribution >= 4 is 5.97 Å². The van der Waals surface area contributed by atoms with E-state index in [-0.39, 0.29) is 12.0 Å². The predicted molar refractivity (Wildman–Crippen MR) is 62.7 cm³/mol. The minimum absolute atomic E-state index is 0.0183. The van der Waals surface area contributed by atoms with Crippen LogP contribution in [0.15, 0.2) is 24.3 Å². The summed E-state index contributed by atoms with van der Waals surface area (Å²) in [5, 5.41) is 0. The minimum atomic E-state index is -0.173. The van der Waals surface area contributed by atoms with Crippen molar-refractivity contribution in [3.05, 3.63) is 35.4 Å². The molecule has 1 aromatic rings. The molecule has 0 aromatic heterocycles. The van der Waals surface area contributed by atoms with Gasteiger partial charge in [-0.3, -0.25) is 4.79 Å². The Morgan fingerprint density at radius 3 is 2.69 bits per heavy atom. The number of quaternary nitrogens is 1. The van der Waals surface area contributed by atoms with Gasteiger partial charge in [0.1, 0.15) is 12.5 Å². The highest BCUT2D eigenvalue weighted by molar-refractivity contribution is 5.70. The molecular formula is C13H20NO2+. The van der Waals surface area contributed by atoms with Crippen molar-refractivity contribution in [2.24, 2.45) is 0 Å². The first kappa shape index (κ1) is 12.7. The molecule has 1 aromatic carbocycles. The molecule has 3 heteroatoms. The van der Waals surface area contributed by atoms with Gasteiger partial charge < -0.3 is 10.5 Å². The summed E-state index contributed by atoms with van der Waals surface area (Å²) >= 11 is 0. The van der Waals surface area contributed by atoms with Crippen LogP contribution in [0.5, 0.6) is 0 Å². The molecule has 0 saturated carbocycles. The van der Waals surface area contributed by atoms with Crippen LogP contribution in [-0.2, 0) is 16.0 Å². The molecule has 0 aliphatic carbocycles. The van der Waals surface area contributed by atoms with Gasteiger partial charge in [-0.25, -0.2) is 0 Å². The Hall–Kier alpha value is -1.35. The third-order valence-electron chi connectivity index (χ3n) is 2.59. The Bertz CT molecular complexity index is 350. The van der Waals surface area contributed by atoms with Gasteiger partial charge in [0.2, 0.25) is 0 Å². The molecule has 0 bridgehead atoms. The van der Waals surface area contributed by atoms with Gasteiger partial charge >= 0.3 is 5.97 Å². The third-order valence-corrected chi connectivity index (χ3v) is 2.59. The molecule has 0 fully saturated rings. The van der Waals surface area contributed by atoms with Crippen LogP contribution < -0.4 is 5.73 Å². The minimum Gasteiger partial charge on any atom is -0.466 e. The lowest BCUT2D eigenvalue weighted by atomic mass is 9.97. The van der Waals surface area contributed by atoms with E-state index in [2.05, 4.69) is 18.7 Å². The molecule has 0 heterocycles. The monoisotopic (exact) mass is 222 g/mol. The Labute approximate surface area is 96.6 Å². The van der Waals surface area contributed by atoms with E-state index >= 15 is 0 Å². The molecule has 1 atom stereocenters. The van der Waals surface area contributed by atoms with Crippen molar-refractivity contribution in [2.45, 2.75) is 32.7 Å². The second-order valence-corrected chi connectivity index (χ2v) is 3.76. The Morgan fingerprint density at radius 1 is 1.38 bits per heavy atom. The van der Waals surface area contributed by atoms with Crippen LogP contribution in [0.4, 0.5) is 0 Å². The Morgan fingerprint density at radius 2 is 2.06 bits per heavy atom. The SMILES string of the molecule is CCOC(=O)C[C@@H]([NH3+])c1ccccc1CC. The number of ether oxygens (including phenoxy) is 1. The average molecular weight is 222 g/mol. The van der Waals surface area contributed by atoms with Crippen molar-refractivity contribution in [3.63, 3.8) is 0 Å². The van der Waals surface area contributed by atoms with Gasteiger partial charge in [0.25, 0.3) is 0 Å². The number of carbonyl (C=O) groups is 1. The Balaban J connectivity index is 2.72. The van der Waals surface area contributed by atoms with Crippen LogP contribution >= 0.6 is 0 Å². The molecule has 0 amide bonds. The van der Waals surface area contributed by atoms with Crippen LogP contribution in [0.25, 0.3) is 0 Å². The molecule has 88 valence electrons. The van der Waals surface area contributed by atoms with Crippen LogP contribution in [0.3, 0.4) is 0 Å². The van der Waals surface area contributed by atoms with E-state index in [4.69, 9.17) is 4.74 Å². The van der Waals surface area contributed by atoms with Crippen LogP contribution in [0.2, 0.25) is 0 Å². The number of hydrogen-bond donors (Lipinski definition) is 1. The van der Waals surface area contributed by atoms with Crippen molar-refractivity contribution in [1.29, 1.82) is 0 Å². The second-order valence-electron chi connectivity index (χ2n) is 3.76. The second kappa shape index (κ2) is 6.28. The zero-order valence-corrected chi connectivity index (χ0v) is 10.0. The Kier molecular flexibility index (Phi) is 4.99. The number of rotatable bonds is 5. The van der Waals surface area contributed by atoms with Gasteiger partial charge in [-0.1, -0.05) is 31.2 Å². The summed E-state index contributed by atoms with van der Waals surface area (Å²) in [6.07, 6.45) is 1.32. The first-order valence-corrected chi connectivity index (χ1v) is 5.75. The summed E-state index contributed by atoms with van der Waals surface area (Å²) < 4.78 is 4.93. The summed E-state index contributed by atoms with van der Waals surface area (Å²) in [7, 11) is 0. The van der Waals surface area contributed by atoms with E-state index in [0.717, 1.165) is 12.0 Å². The quantitative estimate of drug-likeness (QED) is 0.767. The summed E-state index contributed by atoms with van der Waals surface area (Å²) in [5.41, 5.74) is 6.45. The van der Waals surface area contributed by atoms with E-state index in [1.807, 2.05) is 25.1 Å². The lowest BCUT2D eigenvalue weighted by Gasteiger charge is -2.12. The maximum Gasteiger partial charge on any atom is 0.312 e. The highest BCUT2D eigenvalue weighted by atomic mass is 16.5. The van der Waals surface area contributed by atoms with Crippen LogP contribution in [-0.4, -0.2) is 12.6 Å². The standard InChI is InChI=1S/C13H19NO2/c1-3-10-7-5-6-8-11(10)12(14)9-13(15)16-4-2/h5-8,12H,3-4,9,14H2,1-2H3/p+1/t12-/m1/s1. The topological polar surface area (TPSA) is 53.9 Å². The number of carbonyl (C=O) groups excluding carboxylic acids is 1. The van der Waals surface area contributed by atoms with E-state index in [0.29, 0.717) is 13.0 Å². The van der Waals surface area contributed by atoms with Crippen molar-refractivity contribution in [3.8, 4) is 0 Å². The summed E-state index contributed by atoms with van der Waals surface area (Å²) in [6, 6.07) is 8.10. The molecule has 0 spiro atoms. The zero-order chi connectivity index (χ0) is 12.0. The summed E-state index contributed by atoms with van der Waals surface area (Å²) in [5.74, 6) is -0.173. The van der Waals surface area contributed by atoms with E-state index in [1.165, 1.54) is 5.56 Å². The van der Waals surface area contributed by atoms with Crippen molar-refractivity contribution < 1.29 is 15.3 Å². The predicted octanol–water partition coefficient (Wildman–Crippen LogP) is 1.49. The van der Waals surface area contributed by atoms with Gasteiger partial charge in [0, 0.05) is 5.56 Å². The number of aryl methyl sites for hydroxylation is 1. The van der Waals surface area contributed by atoms with Crippen LogP contribution in [0, 0.1) is 0 Å². The fraction of sp³-hybridized carbons (Fsp3) is 0.462. The molecule has 1 rings (SSSR count). The fourth-order valence-electron chi connectivity index (χ4n) is 1.79. The lowest BCUT2D eigenvalue weighted by Crippen LogP contribution is -2.54. The van der Waals surface area contributed by atoms with Gasteiger partial charge in [0.05, 0.1) is 6.61 Å². The normalized spacial score (nSPS) is 12.2. The van der Waals surface area contributed by atoms with Crippen molar-refractivity contribution in [1.82, 2.24) is 0 Å². The summed E-state index contributed by atoms with van der Waals surface area (Å²) in [6.45, 7) is 4.35. The van der Waals surface area contributed by atoms with Gasteiger partial charge in [0.15, 0.2) is 0 Å². The number of benzene rings is 1. The highest BCUT2D eigenvalue weighted by Gasteiger charge is 2.17. The molecule has 0 radical (unpaired) electrons. The molecule has 0 aliphatic rings. The number of hydrogen-bond acceptors (Lipinski definition) is 2. The molecule has 0 aliphatic heterocycles. The molecule has 0 unspecified atom stereocenters. The first-order valence-electron chi connectivity index (χ1n) is 5.75. The van der Waals surface area contributed by atoms with E-state index in [9.17, 15) is 4.79 Å². The van der Waals surface area contributed by atoms with E-state index in [1.54, 1.807) is 0 Å². The fourth-order valence-corrected chi connectivity index (χ4v) is 1.79. The lowest BCUT2D eigenvalue weighted by molar-refractivity contribution is -0.426. The maximum absolute atomic E-state index is 11.4. The molecular weight excluding hydrogens is 202 g/mol. The smallest absolute Gasteiger partial charge is 0.312 e. The molecule has 3 nitrogen and oxygen atoms in total. The van der Waals surface area contributed by atoms with Crippen molar-refractivity contribution in [2.75, 3.05) is 6.61 Å². The van der Waals surface area contributed by atoms with Gasteiger partial charge in [-0.2, -0.15) is 0 Å². The van der Waals surface area contributed by atoms with Gasteiger partial charge in [-0.15, -0.1) is 0 Å². The third kappa shape index (κ3) is 3.35. The largest absolute Gasteiger partial charge is 0.466 e. The zero-order valence-electron chi connectivity index (χ0n) is 10.0. The van der Waals surface area contributed by atoms with Crippen LogP contribution in [0.1, 0.15) is 37.4 Å². The average Bonchev–Trinajstić information content (AvgIpc) is 2.29. The highest BCUT2D eigenvalue weighted by Crippen LogP contribution is 2.18. The number of esters is 1. The maximum atomic E-state index is 11.4. The van der Waals surface area contributed by atoms with E-state index < -0.39 is 0 Å². The molecule has 0 saturated heterocycles. The summed E-state index contributed by atoms with van der Waals surface area (Å²) in [4.78, 5) is 11.4. The van der Waals surface area contributed by atoms with Gasteiger partial charge in [-0.05, 0) is 18.9 Å². The molecule has 16 heavy (non-hydrogen) atoms. The molecule has 3 N–H and O–H groups in total. The first-order chi connectivity index (χ1) is 7.69.